The molecular weight excluding hydrogens is 332 g/mol. The lowest BCUT2D eigenvalue weighted by Crippen LogP contribution is -2.49. The lowest BCUT2D eigenvalue weighted by atomic mass is 9.83. The molecule has 0 radical (unpaired) electrons. The molecular formula is C20H24N2O2S. The number of pyridine rings is 1. The summed E-state index contributed by atoms with van der Waals surface area (Å²) in [6.45, 7) is 3.44. The number of hydrogen-bond acceptors (Lipinski definition) is 4. The number of thioether (sulfide) groups is 1. The van der Waals surface area contributed by atoms with Crippen molar-refractivity contribution < 1.29 is 5.11 Å². The van der Waals surface area contributed by atoms with Gasteiger partial charge in [0, 0.05) is 54.5 Å². The summed E-state index contributed by atoms with van der Waals surface area (Å²) in [5.74, 6) is 1.64. The molecule has 3 atom stereocenters. The Kier molecular flexibility index (Phi) is 4.97. The van der Waals surface area contributed by atoms with Crippen molar-refractivity contribution in [2.45, 2.75) is 29.9 Å². The number of nitrogens with zero attached hydrogens (tertiary/aromatic N) is 2. The van der Waals surface area contributed by atoms with Gasteiger partial charge in [0.25, 0.3) is 5.56 Å². The number of piperidine rings is 1. The molecule has 2 aliphatic heterocycles. The largest absolute Gasteiger partial charge is 0.391 e. The highest BCUT2D eigenvalue weighted by Gasteiger charge is 2.34. The zero-order valence-corrected chi connectivity index (χ0v) is 15.1. The van der Waals surface area contributed by atoms with E-state index in [1.54, 1.807) is 17.8 Å². The molecule has 25 heavy (non-hydrogen) atoms. The normalized spacial score (nSPS) is 23.9. The van der Waals surface area contributed by atoms with Crippen LogP contribution in [0.3, 0.4) is 0 Å². The van der Waals surface area contributed by atoms with Gasteiger partial charge in [0.1, 0.15) is 0 Å². The Labute approximate surface area is 152 Å². The minimum Gasteiger partial charge on any atom is -0.391 e. The standard InChI is InChI=1S/C20H24N2O2S/c23-17(14-25-18-5-2-1-3-6-18)13-21-10-15-9-16(12-21)19-7-4-8-20(24)22(19)11-15/h1-8,15-17,23H,9-14H2/t15-,16-,17+/m1/s1. The fourth-order valence-corrected chi connectivity index (χ4v) is 5.04. The minimum absolute atomic E-state index is 0.125. The molecule has 4 nitrogen and oxygen atoms in total. The maximum absolute atomic E-state index is 12.1. The van der Waals surface area contributed by atoms with Crippen LogP contribution in [-0.2, 0) is 6.54 Å². The van der Waals surface area contributed by atoms with E-state index in [9.17, 15) is 9.90 Å². The van der Waals surface area contributed by atoms with Crippen LogP contribution in [0.25, 0.3) is 0 Å². The number of β-amino-alcohol motifs (C(OH)–C–C–N with tert-alkyl or cyclic N) is 1. The third kappa shape index (κ3) is 3.84. The van der Waals surface area contributed by atoms with Crippen LogP contribution in [0.2, 0.25) is 0 Å². The zero-order chi connectivity index (χ0) is 17.2. The molecule has 1 N–H and O–H groups in total. The van der Waals surface area contributed by atoms with Crippen molar-refractivity contribution in [3.63, 3.8) is 0 Å². The van der Waals surface area contributed by atoms with Crippen LogP contribution in [0.5, 0.6) is 0 Å². The number of aliphatic hydroxyl groups excluding tert-OH is 1. The molecule has 5 heteroatoms. The number of hydrogen-bond donors (Lipinski definition) is 1. The van der Waals surface area contributed by atoms with Crippen LogP contribution in [0.15, 0.2) is 58.2 Å². The Morgan fingerprint density at radius 1 is 1.08 bits per heavy atom. The van der Waals surface area contributed by atoms with Crippen LogP contribution < -0.4 is 5.56 Å². The van der Waals surface area contributed by atoms with Crippen LogP contribution in [-0.4, -0.2) is 46.1 Å². The summed E-state index contributed by atoms with van der Waals surface area (Å²) in [5.41, 5.74) is 1.29. The third-order valence-electron chi connectivity index (χ3n) is 5.21. The molecule has 2 aromatic rings. The van der Waals surface area contributed by atoms with Crippen molar-refractivity contribution >= 4 is 11.8 Å². The fraction of sp³-hybridized carbons (Fsp3) is 0.450. The second kappa shape index (κ2) is 7.36. The van der Waals surface area contributed by atoms with Crippen LogP contribution in [0, 0.1) is 5.92 Å². The highest BCUT2D eigenvalue weighted by Crippen LogP contribution is 2.35. The predicted molar refractivity (Wildman–Crippen MR) is 101 cm³/mol. The average molecular weight is 356 g/mol. The van der Waals surface area contributed by atoms with Gasteiger partial charge in [-0.05, 0) is 30.5 Å². The number of aromatic nitrogens is 1. The molecule has 1 aromatic carbocycles. The first-order valence-electron chi connectivity index (χ1n) is 8.97. The highest BCUT2D eigenvalue weighted by molar-refractivity contribution is 7.99. The summed E-state index contributed by atoms with van der Waals surface area (Å²) in [5, 5.41) is 10.4. The van der Waals surface area contributed by atoms with Crippen LogP contribution >= 0.6 is 11.8 Å². The predicted octanol–water partition coefficient (Wildman–Crippen LogP) is 2.42. The molecule has 1 aromatic heterocycles. The van der Waals surface area contributed by atoms with Crippen molar-refractivity contribution in [2.75, 3.05) is 25.4 Å². The summed E-state index contributed by atoms with van der Waals surface area (Å²) < 4.78 is 1.96. The molecule has 0 amide bonds. The third-order valence-corrected chi connectivity index (χ3v) is 6.37. The summed E-state index contributed by atoms with van der Waals surface area (Å²) in [7, 11) is 0. The van der Waals surface area contributed by atoms with Crippen molar-refractivity contribution in [1.82, 2.24) is 9.47 Å². The van der Waals surface area contributed by atoms with E-state index in [1.807, 2.05) is 28.8 Å². The molecule has 0 unspecified atom stereocenters. The quantitative estimate of drug-likeness (QED) is 0.836. The van der Waals surface area contributed by atoms with Crippen LogP contribution in [0.1, 0.15) is 18.0 Å². The Morgan fingerprint density at radius 2 is 1.92 bits per heavy atom. The van der Waals surface area contributed by atoms with E-state index in [4.69, 9.17) is 0 Å². The molecule has 1 fully saturated rings. The van der Waals surface area contributed by atoms with Gasteiger partial charge in [-0.25, -0.2) is 0 Å². The van der Waals surface area contributed by atoms with Crippen molar-refractivity contribution in [3.8, 4) is 0 Å². The van der Waals surface area contributed by atoms with E-state index < -0.39 is 0 Å². The Bertz CT molecular complexity index is 777. The van der Waals surface area contributed by atoms with Crippen molar-refractivity contribution in [2.24, 2.45) is 5.92 Å². The molecule has 0 aliphatic carbocycles. The summed E-state index contributed by atoms with van der Waals surface area (Å²) in [6, 6.07) is 15.9. The van der Waals surface area contributed by atoms with E-state index in [2.05, 4.69) is 23.1 Å². The minimum atomic E-state index is -0.331. The van der Waals surface area contributed by atoms with E-state index in [0.717, 1.165) is 26.1 Å². The van der Waals surface area contributed by atoms with E-state index >= 15 is 0 Å². The maximum atomic E-state index is 12.1. The lowest BCUT2D eigenvalue weighted by Gasteiger charge is -2.43. The van der Waals surface area contributed by atoms with Gasteiger partial charge >= 0.3 is 0 Å². The first-order valence-corrected chi connectivity index (χ1v) is 9.95. The van der Waals surface area contributed by atoms with E-state index in [0.29, 0.717) is 24.1 Å². The topological polar surface area (TPSA) is 45.5 Å². The van der Waals surface area contributed by atoms with Gasteiger partial charge < -0.3 is 9.67 Å². The Balaban J connectivity index is 1.36. The second-order valence-electron chi connectivity index (χ2n) is 7.19. The number of rotatable bonds is 5. The van der Waals surface area contributed by atoms with Gasteiger partial charge in [-0.3, -0.25) is 9.69 Å². The summed E-state index contributed by atoms with van der Waals surface area (Å²) in [6.07, 6.45) is 0.830. The molecule has 0 saturated carbocycles. The number of aliphatic hydroxyl groups is 1. The Hall–Kier alpha value is -1.56. The first-order chi connectivity index (χ1) is 12.2. The van der Waals surface area contributed by atoms with Gasteiger partial charge in [0.15, 0.2) is 0 Å². The second-order valence-corrected chi connectivity index (χ2v) is 8.29. The summed E-state index contributed by atoms with van der Waals surface area (Å²) >= 11 is 1.71. The van der Waals surface area contributed by atoms with Crippen molar-refractivity contribution in [1.29, 1.82) is 0 Å². The average Bonchev–Trinajstić information content (AvgIpc) is 2.62. The van der Waals surface area contributed by atoms with Gasteiger partial charge in [0.2, 0.25) is 0 Å². The SMILES string of the molecule is O=c1cccc2n1C[C@@H]1C[C@@H]2CN(C[C@H](O)CSc2ccccc2)C1. The van der Waals surface area contributed by atoms with Gasteiger partial charge in [-0.2, -0.15) is 0 Å². The maximum Gasteiger partial charge on any atom is 0.250 e. The molecule has 2 aliphatic rings. The van der Waals surface area contributed by atoms with Gasteiger partial charge in [-0.1, -0.05) is 24.3 Å². The number of benzene rings is 1. The summed E-state index contributed by atoms with van der Waals surface area (Å²) in [4.78, 5) is 15.7. The van der Waals surface area contributed by atoms with E-state index in [1.165, 1.54) is 10.6 Å². The van der Waals surface area contributed by atoms with Crippen molar-refractivity contribution in [3.05, 3.63) is 64.6 Å². The number of fused-ring (bicyclic) bond motifs is 4. The molecule has 3 heterocycles. The van der Waals surface area contributed by atoms with Crippen LogP contribution in [0.4, 0.5) is 0 Å². The molecule has 2 bridgehead atoms. The van der Waals surface area contributed by atoms with Gasteiger partial charge in [0.05, 0.1) is 6.10 Å². The van der Waals surface area contributed by atoms with E-state index in [-0.39, 0.29) is 11.7 Å². The monoisotopic (exact) mass is 356 g/mol. The zero-order valence-electron chi connectivity index (χ0n) is 14.3. The molecule has 0 spiro atoms. The molecule has 132 valence electrons. The highest BCUT2D eigenvalue weighted by atomic mass is 32.2. The number of likely N-dealkylation sites (tertiary alicyclic amines) is 1. The smallest absolute Gasteiger partial charge is 0.250 e. The fourth-order valence-electron chi connectivity index (χ4n) is 4.20. The first kappa shape index (κ1) is 16.9. The lowest BCUT2D eigenvalue weighted by molar-refractivity contribution is 0.0717. The van der Waals surface area contributed by atoms with Gasteiger partial charge in [-0.15, -0.1) is 11.8 Å². The Morgan fingerprint density at radius 3 is 2.76 bits per heavy atom. The molecule has 1 saturated heterocycles. The molecule has 4 rings (SSSR count).